The highest BCUT2D eigenvalue weighted by atomic mass is 31.2. The van der Waals surface area contributed by atoms with Crippen molar-refractivity contribution in [2.24, 2.45) is 17.8 Å². The van der Waals surface area contributed by atoms with Gasteiger partial charge in [0.15, 0.2) is 0 Å². The Morgan fingerprint density at radius 2 is 1.33 bits per heavy atom. The van der Waals surface area contributed by atoms with Crippen molar-refractivity contribution < 1.29 is 33.8 Å². The van der Waals surface area contributed by atoms with Crippen LogP contribution in [0.1, 0.15) is 33.1 Å². The maximum atomic E-state index is 11.2. The molecule has 3 atom stereocenters. The molecule has 0 unspecified atom stereocenters. The van der Waals surface area contributed by atoms with E-state index in [1.807, 2.05) is 13.8 Å². The molecule has 1 rings (SSSR count). The van der Waals surface area contributed by atoms with Gasteiger partial charge in [-0.25, -0.2) is 0 Å². The SMILES string of the molecule is C[C@@H]1C[C@H](CC(O)(P(=O)(O)O)P(=O)(O)O)C[C@@H]1C. The predicted octanol–water partition coefficient (Wildman–Crippen LogP) is 1.06. The van der Waals surface area contributed by atoms with Gasteiger partial charge in [-0.1, -0.05) is 13.8 Å². The number of rotatable bonds is 4. The minimum absolute atomic E-state index is 0.291. The van der Waals surface area contributed by atoms with Gasteiger partial charge in [0, 0.05) is 6.42 Å². The van der Waals surface area contributed by atoms with Crippen LogP contribution in [0, 0.1) is 17.8 Å². The van der Waals surface area contributed by atoms with Gasteiger partial charge in [-0.2, -0.15) is 0 Å². The molecule has 0 heterocycles. The minimum atomic E-state index is -5.31. The Hall–Kier alpha value is 0.260. The van der Waals surface area contributed by atoms with Crippen LogP contribution in [0.15, 0.2) is 0 Å². The van der Waals surface area contributed by atoms with E-state index in [9.17, 15) is 14.2 Å². The average molecular weight is 302 g/mol. The van der Waals surface area contributed by atoms with Crippen LogP contribution in [-0.2, 0) is 9.13 Å². The summed E-state index contributed by atoms with van der Waals surface area (Å²) in [5.41, 5.74) is 0. The number of aliphatic hydroxyl groups is 1. The van der Waals surface area contributed by atoms with E-state index in [2.05, 4.69) is 0 Å². The third-order valence-electron chi connectivity index (χ3n) is 3.88. The van der Waals surface area contributed by atoms with Crippen LogP contribution in [0.3, 0.4) is 0 Å². The molecule has 1 fully saturated rings. The molecule has 0 aromatic carbocycles. The summed E-state index contributed by atoms with van der Waals surface area (Å²) >= 11 is 0. The second kappa shape index (κ2) is 4.98. The first kappa shape index (κ1) is 16.3. The van der Waals surface area contributed by atoms with Gasteiger partial charge in [0.25, 0.3) is 5.08 Å². The summed E-state index contributed by atoms with van der Waals surface area (Å²) in [4.78, 5) is 36.1. The molecule has 5 N–H and O–H groups in total. The number of hydrogen-bond acceptors (Lipinski definition) is 3. The van der Waals surface area contributed by atoms with Gasteiger partial charge in [-0.05, 0) is 30.6 Å². The standard InChI is InChI=1S/C9H20O7P2/c1-6-3-8(4-7(6)2)5-9(10,17(11,12)13)18(14,15)16/h6-8,10H,3-5H2,1-2H3,(H2,11,12,13)(H2,14,15,16)/t6-,7+,8+. The highest BCUT2D eigenvalue weighted by Crippen LogP contribution is 2.70. The van der Waals surface area contributed by atoms with Crippen LogP contribution in [-0.4, -0.2) is 29.8 Å². The van der Waals surface area contributed by atoms with Crippen LogP contribution in [0.25, 0.3) is 0 Å². The highest BCUT2D eigenvalue weighted by molar-refractivity contribution is 7.72. The van der Waals surface area contributed by atoms with Crippen LogP contribution < -0.4 is 0 Å². The van der Waals surface area contributed by atoms with Crippen molar-refractivity contribution >= 4 is 15.2 Å². The Morgan fingerprint density at radius 3 is 1.61 bits per heavy atom. The zero-order valence-corrected chi connectivity index (χ0v) is 12.1. The zero-order chi connectivity index (χ0) is 14.4. The van der Waals surface area contributed by atoms with E-state index in [0.29, 0.717) is 24.7 Å². The van der Waals surface area contributed by atoms with Crippen molar-refractivity contribution in [3.8, 4) is 0 Å². The molecule has 0 aromatic rings. The van der Waals surface area contributed by atoms with Crippen LogP contribution in [0.5, 0.6) is 0 Å². The Bertz CT molecular complexity index is 366. The Kier molecular flexibility index (Phi) is 4.52. The lowest BCUT2D eigenvalue weighted by molar-refractivity contribution is 0.106. The van der Waals surface area contributed by atoms with Gasteiger partial charge in [0.1, 0.15) is 0 Å². The summed E-state index contributed by atoms with van der Waals surface area (Å²) in [6.07, 6.45) is 0.628. The summed E-state index contributed by atoms with van der Waals surface area (Å²) in [6, 6.07) is 0. The van der Waals surface area contributed by atoms with E-state index in [4.69, 9.17) is 19.6 Å². The zero-order valence-electron chi connectivity index (χ0n) is 10.3. The highest BCUT2D eigenvalue weighted by Gasteiger charge is 2.60. The normalized spacial score (nSPS) is 30.7. The molecule has 18 heavy (non-hydrogen) atoms. The van der Waals surface area contributed by atoms with E-state index < -0.39 is 26.7 Å². The maximum Gasteiger partial charge on any atom is 0.369 e. The van der Waals surface area contributed by atoms with Gasteiger partial charge in [-0.15, -0.1) is 0 Å². The minimum Gasteiger partial charge on any atom is -0.368 e. The molecule has 0 amide bonds. The lowest BCUT2D eigenvalue weighted by atomic mass is 10.0. The molecule has 0 bridgehead atoms. The van der Waals surface area contributed by atoms with Crippen LogP contribution >= 0.6 is 15.2 Å². The van der Waals surface area contributed by atoms with Gasteiger partial charge in [0.05, 0.1) is 0 Å². The van der Waals surface area contributed by atoms with Crippen molar-refractivity contribution in [3.63, 3.8) is 0 Å². The smallest absolute Gasteiger partial charge is 0.368 e. The third-order valence-corrected chi connectivity index (χ3v) is 7.67. The molecule has 0 aliphatic heterocycles. The van der Waals surface area contributed by atoms with Crippen LogP contribution in [0.2, 0.25) is 0 Å². The third kappa shape index (κ3) is 3.05. The van der Waals surface area contributed by atoms with Crippen molar-refractivity contribution in [3.05, 3.63) is 0 Å². The molecular formula is C9H20O7P2. The van der Waals surface area contributed by atoms with Gasteiger partial charge < -0.3 is 24.7 Å². The maximum absolute atomic E-state index is 11.2. The Labute approximate surface area is 106 Å². The van der Waals surface area contributed by atoms with Gasteiger partial charge in [0.2, 0.25) is 0 Å². The van der Waals surface area contributed by atoms with E-state index in [0.717, 1.165) is 0 Å². The fourth-order valence-corrected chi connectivity index (χ4v) is 4.92. The van der Waals surface area contributed by atoms with E-state index in [1.165, 1.54) is 0 Å². The van der Waals surface area contributed by atoms with E-state index >= 15 is 0 Å². The van der Waals surface area contributed by atoms with E-state index in [-0.39, 0.29) is 5.92 Å². The summed E-state index contributed by atoms with van der Waals surface area (Å²) in [5.74, 6) is 0.334. The molecule has 0 radical (unpaired) electrons. The molecule has 1 aliphatic rings. The second-order valence-electron chi connectivity index (χ2n) is 5.36. The average Bonchev–Trinajstić information content (AvgIpc) is 2.41. The molecule has 108 valence electrons. The van der Waals surface area contributed by atoms with Crippen LogP contribution in [0.4, 0.5) is 0 Å². The summed E-state index contributed by atoms with van der Waals surface area (Å²) in [7, 11) is -10.6. The molecule has 7 nitrogen and oxygen atoms in total. The second-order valence-corrected chi connectivity index (χ2v) is 9.37. The van der Waals surface area contributed by atoms with Crippen molar-refractivity contribution in [1.29, 1.82) is 0 Å². The summed E-state index contributed by atoms with van der Waals surface area (Å²) in [6.45, 7) is 3.94. The summed E-state index contributed by atoms with van der Waals surface area (Å²) in [5, 5.41) is 6.54. The fraction of sp³-hybridized carbons (Fsp3) is 1.00. The van der Waals surface area contributed by atoms with Crippen molar-refractivity contribution in [1.82, 2.24) is 0 Å². The molecule has 1 saturated carbocycles. The lowest BCUT2D eigenvalue weighted by Crippen LogP contribution is -2.31. The largest absolute Gasteiger partial charge is 0.369 e. The van der Waals surface area contributed by atoms with E-state index in [1.54, 1.807) is 0 Å². The first-order chi connectivity index (χ1) is 7.88. The summed E-state index contributed by atoms with van der Waals surface area (Å²) < 4.78 is 22.4. The lowest BCUT2D eigenvalue weighted by Gasteiger charge is -2.31. The molecule has 9 heteroatoms. The molecule has 0 aromatic heterocycles. The molecule has 0 saturated heterocycles. The van der Waals surface area contributed by atoms with Crippen molar-refractivity contribution in [2.45, 2.75) is 38.2 Å². The van der Waals surface area contributed by atoms with Crippen molar-refractivity contribution in [2.75, 3.05) is 0 Å². The number of hydrogen-bond donors (Lipinski definition) is 5. The predicted molar refractivity (Wildman–Crippen MR) is 64.7 cm³/mol. The molecular weight excluding hydrogens is 282 g/mol. The topological polar surface area (TPSA) is 135 Å². The fourth-order valence-electron chi connectivity index (χ4n) is 2.57. The van der Waals surface area contributed by atoms with Gasteiger partial charge >= 0.3 is 15.2 Å². The molecule has 1 aliphatic carbocycles. The van der Waals surface area contributed by atoms with Gasteiger partial charge in [-0.3, -0.25) is 9.13 Å². The monoisotopic (exact) mass is 302 g/mol. The quantitative estimate of drug-likeness (QED) is 0.490. The first-order valence-electron chi connectivity index (χ1n) is 5.72. The first-order valence-corrected chi connectivity index (χ1v) is 8.94. The Balaban J connectivity index is 2.96. The Morgan fingerprint density at radius 1 is 1.00 bits per heavy atom. The molecule has 0 spiro atoms.